The van der Waals surface area contributed by atoms with E-state index in [4.69, 9.17) is 14.0 Å². The first-order chi connectivity index (χ1) is 11.8. The Labute approximate surface area is 143 Å². The SMILES string of the molecule is Cc1csc(COc2cccc(-c3noc([C@@H]4CCCO4)n3)c2)n1. The molecule has 1 saturated heterocycles. The third-order valence-electron chi connectivity index (χ3n) is 3.77. The summed E-state index contributed by atoms with van der Waals surface area (Å²) < 4.78 is 16.7. The van der Waals surface area contributed by atoms with E-state index in [0.717, 1.165) is 41.5 Å². The zero-order valence-electron chi connectivity index (χ0n) is 13.3. The van der Waals surface area contributed by atoms with E-state index in [-0.39, 0.29) is 6.10 Å². The van der Waals surface area contributed by atoms with Crippen LogP contribution in [-0.2, 0) is 11.3 Å². The van der Waals surface area contributed by atoms with Gasteiger partial charge < -0.3 is 14.0 Å². The predicted molar refractivity (Wildman–Crippen MR) is 88.8 cm³/mol. The maximum Gasteiger partial charge on any atom is 0.256 e. The molecule has 4 rings (SSSR count). The van der Waals surface area contributed by atoms with Gasteiger partial charge in [-0.05, 0) is 31.9 Å². The van der Waals surface area contributed by atoms with Crippen LogP contribution in [0.4, 0.5) is 0 Å². The molecular weight excluding hydrogens is 326 g/mol. The number of hydrogen-bond acceptors (Lipinski definition) is 7. The van der Waals surface area contributed by atoms with E-state index in [9.17, 15) is 0 Å². The van der Waals surface area contributed by atoms with Gasteiger partial charge in [-0.3, -0.25) is 0 Å². The molecule has 0 saturated carbocycles. The van der Waals surface area contributed by atoms with E-state index < -0.39 is 0 Å². The number of ether oxygens (including phenoxy) is 2. The fourth-order valence-corrected chi connectivity index (χ4v) is 3.28. The number of aromatic nitrogens is 3. The molecule has 6 nitrogen and oxygen atoms in total. The average molecular weight is 343 g/mol. The highest BCUT2D eigenvalue weighted by molar-refractivity contribution is 7.09. The highest BCUT2D eigenvalue weighted by Crippen LogP contribution is 2.29. The van der Waals surface area contributed by atoms with Crippen LogP contribution in [0.2, 0.25) is 0 Å². The number of benzene rings is 1. The number of hydrogen-bond donors (Lipinski definition) is 0. The second-order valence-corrected chi connectivity index (χ2v) is 6.60. The molecule has 1 aliphatic heterocycles. The molecule has 0 spiro atoms. The van der Waals surface area contributed by atoms with Crippen molar-refractivity contribution in [1.82, 2.24) is 15.1 Å². The van der Waals surface area contributed by atoms with E-state index >= 15 is 0 Å². The minimum atomic E-state index is -0.0705. The first kappa shape index (κ1) is 15.3. The molecule has 1 aliphatic rings. The Kier molecular flexibility index (Phi) is 4.27. The van der Waals surface area contributed by atoms with Crippen LogP contribution in [0, 0.1) is 6.92 Å². The second kappa shape index (κ2) is 6.70. The van der Waals surface area contributed by atoms with Crippen molar-refractivity contribution in [2.24, 2.45) is 0 Å². The molecule has 1 aromatic carbocycles. The summed E-state index contributed by atoms with van der Waals surface area (Å²) in [5.74, 6) is 1.85. The minimum Gasteiger partial charge on any atom is -0.486 e. The predicted octanol–water partition coefficient (Wildman–Crippen LogP) is 3.93. The van der Waals surface area contributed by atoms with Gasteiger partial charge in [0.1, 0.15) is 23.5 Å². The van der Waals surface area contributed by atoms with Gasteiger partial charge in [0, 0.05) is 23.2 Å². The molecule has 0 N–H and O–H groups in total. The number of thiazole rings is 1. The fourth-order valence-electron chi connectivity index (χ4n) is 2.59. The van der Waals surface area contributed by atoms with Gasteiger partial charge in [0.05, 0.1) is 0 Å². The van der Waals surface area contributed by atoms with Crippen molar-refractivity contribution in [1.29, 1.82) is 0 Å². The maximum atomic E-state index is 5.81. The Morgan fingerprint density at radius 3 is 3.08 bits per heavy atom. The van der Waals surface area contributed by atoms with Crippen molar-refractivity contribution in [3.63, 3.8) is 0 Å². The van der Waals surface area contributed by atoms with Crippen molar-refractivity contribution in [2.75, 3.05) is 6.61 Å². The van der Waals surface area contributed by atoms with Crippen LogP contribution in [0.15, 0.2) is 34.2 Å². The van der Waals surface area contributed by atoms with E-state index in [1.807, 2.05) is 36.6 Å². The van der Waals surface area contributed by atoms with Gasteiger partial charge in [0.25, 0.3) is 5.89 Å². The zero-order valence-corrected chi connectivity index (χ0v) is 14.1. The maximum absolute atomic E-state index is 5.81. The highest BCUT2D eigenvalue weighted by atomic mass is 32.1. The zero-order chi connectivity index (χ0) is 16.4. The van der Waals surface area contributed by atoms with Crippen molar-refractivity contribution in [3.05, 3.63) is 46.2 Å². The van der Waals surface area contributed by atoms with E-state index in [0.29, 0.717) is 18.3 Å². The van der Waals surface area contributed by atoms with Crippen LogP contribution in [0.1, 0.15) is 35.5 Å². The summed E-state index contributed by atoms with van der Waals surface area (Å²) >= 11 is 1.60. The third kappa shape index (κ3) is 3.32. The number of nitrogens with zero attached hydrogens (tertiary/aromatic N) is 3. The van der Waals surface area contributed by atoms with Gasteiger partial charge in [-0.2, -0.15) is 4.98 Å². The monoisotopic (exact) mass is 343 g/mol. The fraction of sp³-hybridized carbons (Fsp3) is 0.353. The molecule has 0 bridgehead atoms. The standard InChI is InChI=1S/C17H17N3O3S/c1-11-10-24-15(18-11)9-22-13-5-2-4-12(8-13)16-19-17(23-20-16)14-6-3-7-21-14/h2,4-5,8,10,14H,3,6-7,9H2,1H3/t14-/m0/s1. The summed E-state index contributed by atoms with van der Waals surface area (Å²) in [5, 5.41) is 7.03. The van der Waals surface area contributed by atoms with Gasteiger partial charge in [-0.1, -0.05) is 17.3 Å². The quantitative estimate of drug-likeness (QED) is 0.699. The summed E-state index contributed by atoms with van der Waals surface area (Å²) in [7, 11) is 0. The van der Waals surface area contributed by atoms with Gasteiger partial charge in [-0.15, -0.1) is 11.3 Å². The normalized spacial score (nSPS) is 17.3. The largest absolute Gasteiger partial charge is 0.486 e. The lowest BCUT2D eigenvalue weighted by atomic mass is 10.2. The Morgan fingerprint density at radius 1 is 1.33 bits per heavy atom. The first-order valence-electron chi connectivity index (χ1n) is 7.87. The summed E-state index contributed by atoms with van der Waals surface area (Å²) in [6, 6.07) is 7.67. The molecule has 0 aliphatic carbocycles. The summed E-state index contributed by atoms with van der Waals surface area (Å²) in [6.07, 6.45) is 1.89. The van der Waals surface area contributed by atoms with Gasteiger partial charge in [0.2, 0.25) is 5.82 Å². The topological polar surface area (TPSA) is 70.3 Å². The molecule has 124 valence electrons. The van der Waals surface area contributed by atoms with Crippen LogP contribution in [0.3, 0.4) is 0 Å². The van der Waals surface area contributed by atoms with E-state index in [1.54, 1.807) is 11.3 Å². The van der Waals surface area contributed by atoms with Crippen LogP contribution in [0.25, 0.3) is 11.4 Å². The molecule has 1 fully saturated rings. The van der Waals surface area contributed by atoms with Crippen molar-refractivity contribution < 1.29 is 14.0 Å². The molecule has 3 heterocycles. The van der Waals surface area contributed by atoms with Crippen molar-refractivity contribution in [2.45, 2.75) is 32.5 Å². The van der Waals surface area contributed by atoms with Crippen molar-refractivity contribution in [3.8, 4) is 17.1 Å². The molecule has 0 amide bonds. The second-order valence-electron chi connectivity index (χ2n) is 5.66. The summed E-state index contributed by atoms with van der Waals surface area (Å²) in [4.78, 5) is 8.85. The Balaban J connectivity index is 1.47. The van der Waals surface area contributed by atoms with Crippen molar-refractivity contribution >= 4 is 11.3 Å². The Morgan fingerprint density at radius 2 is 2.29 bits per heavy atom. The van der Waals surface area contributed by atoms with Gasteiger partial charge >= 0.3 is 0 Å². The third-order valence-corrected chi connectivity index (χ3v) is 4.71. The molecule has 7 heteroatoms. The molecule has 0 unspecified atom stereocenters. The lowest BCUT2D eigenvalue weighted by Crippen LogP contribution is -1.96. The van der Waals surface area contributed by atoms with Gasteiger partial charge in [0.15, 0.2) is 0 Å². The van der Waals surface area contributed by atoms with Crippen LogP contribution >= 0.6 is 11.3 Å². The molecule has 1 atom stereocenters. The summed E-state index contributed by atoms with van der Waals surface area (Å²) in [6.45, 7) is 3.18. The minimum absolute atomic E-state index is 0.0705. The smallest absolute Gasteiger partial charge is 0.256 e. The Bertz CT molecular complexity index is 824. The molecule has 2 aromatic heterocycles. The molecular formula is C17H17N3O3S. The number of rotatable bonds is 5. The van der Waals surface area contributed by atoms with Crippen LogP contribution < -0.4 is 4.74 Å². The van der Waals surface area contributed by atoms with Crippen LogP contribution in [0.5, 0.6) is 5.75 Å². The number of aryl methyl sites for hydroxylation is 1. The van der Waals surface area contributed by atoms with E-state index in [2.05, 4.69) is 15.1 Å². The first-order valence-corrected chi connectivity index (χ1v) is 8.75. The lowest BCUT2D eigenvalue weighted by molar-refractivity contribution is 0.0835. The highest BCUT2D eigenvalue weighted by Gasteiger charge is 2.24. The van der Waals surface area contributed by atoms with Gasteiger partial charge in [-0.25, -0.2) is 4.98 Å². The molecule has 24 heavy (non-hydrogen) atoms. The van der Waals surface area contributed by atoms with Crippen LogP contribution in [-0.4, -0.2) is 21.7 Å². The van der Waals surface area contributed by atoms with E-state index in [1.165, 1.54) is 0 Å². The Hall–Kier alpha value is -2.25. The lowest BCUT2D eigenvalue weighted by Gasteiger charge is -2.05. The average Bonchev–Trinajstić information content (AvgIpc) is 3.34. The molecule has 0 radical (unpaired) electrons. The summed E-state index contributed by atoms with van der Waals surface area (Å²) in [5.41, 5.74) is 1.87. The molecule has 3 aromatic rings.